The van der Waals surface area contributed by atoms with Gasteiger partial charge >= 0.3 is 0 Å². The second-order valence-electron chi connectivity index (χ2n) is 5.08. The minimum atomic E-state index is -1.13. The number of Topliss-reactive ketones (excluding diaryl/α,β-unsaturated/α-hetero) is 1. The number of carbonyl (C=O) groups excluding carboxylic acids is 1. The number of fused-ring (bicyclic) bond motifs is 1. The lowest BCUT2D eigenvalue weighted by Gasteiger charge is -2.08. The highest BCUT2D eigenvalue weighted by molar-refractivity contribution is 6.02. The van der Waals surface area contributed by atoms with Gasteiger partial charge in [-0.3, -0.25) is 9.78 Å². The number of rotatable bonds is 4. The minimum absolute atomic E-state index is 0.158. The van der Waals surface area contributed by atoms with E-state index in [4.69, 9.17) is 4.74 Å². The first-order valence-electron chi connectivity index (χ1n) is 7.12. The maximum absolute atomic E-state index is 13.0. The van der Waals surface area contributed by atoms with Crippen molar-refractivity contribution in [3.63, 3.8) is 0 Å². The van der Waals surface area contributed by atoms with Gasteiger partial charge in [0.05, 0.1) is 30.6 Å². The number of benzene rings is 1. The summed E-state index contributed by atoms with van der Waals surface area (Å²) in [7, 11) is 1.57. The number of methoxy groups -OCH3 is 1. The number of carbonyl (C=O) groups is 1. The zero-order valence-electron chi connectivity index (χ0n) is 12.7. The Hall–Kier alpha value is -3.33. The zero-order chi connectivity index (χ0) is 17.1. The molecule has 0 radical (unpaired) electrons. The van der Waals surface area contributed by atoms with Crippen molar-refractivity contribution in [2.45, 2.75) is 5.92 Å². The molecule has 24 heavy (non-hydrogen) atoms. The molecule has 2 heterocycles. The Balaban J connectivity index is 1.97. The molecular formula is C18H12FN3O2. The van der Waals surface area contributed by atoms with Gasteiger partial charge in [0.25, 0.3) is 0 Å². The predicted molar refractivity (Wildman–Crippen MR) is 85.2 cm³/mol. The standard InChI is InChI=1S/C18H12FN3O2/c1-24-13-4-7-15-11(8-13)2-5-17(22-15)18(23)14(9-20)16-6-3-12(19)10-21-16/h2-8,10,14H,1H3/t14-/m0/s1. The molecule has 2 aromatic heterocycles. The third kappa shape index (κ3) is 2.92. The second-order valence-corrected chi connectivity index (χ2v) is 5.08. The minimum Gasteiger partial charge on any atom is -0.497 e. The molecule has 0 aliphatic rings. The average Bonchev–Trinajstić information content (AvgIpc) is 2.62. The van der Waals surface area contributed by atoms with Crippen molar-refractivity contribution >= 4 is 16.7 Å². The van der Waals surface area contributed by atoms with Gasteiger partial charge in [-0.2, -0.15) is 5.26 Å². The molecule has 0 N–H and O–H groups in total. The van der Waals surface area contributed by atoms with E-state index in [2.05, 4.69) is 9.97 Å². The van der Waals surface area contributed by atoms with Gasteiger partial charge in [0.2, 0.25) is 5.78 Å². The van der Waals surface area contributed by atoms with Crippen molar-refractivity contribution in [3.05, 3.63) is 65.9 Å². The van der Waals surface area contributed by atoms with E-state index in [9.17, 15) is 14.4 Å². The molecule has 1 atom stereocenters. The quantitative estimate of drug-likeness (QED) is 0.689. The van der Waals surface area contributed by atoms with Gasteiger partial charge in [-0.1, -0.05) is 6.07 Å². The molecule has 0 fully saturated rings. The van der Waals surface area contributed by atoms with E-state index in [1.165, 1.54) is 12.1 Å². The summed E-state index contributed by atoms with van der Waals surface area (Å²) in [5, 5.41) is 10.1. The monoisotopic (exact) mass is 321 g/mol. The van der Waals surface area contributed by atoms with E-state index in [0.717, 1.165) is 11.6 Å². The first kappa shape index (κ1) is 15.6. The van der Waals surface area contributed by atoms with Crippen LogP contribution in [0, 0.1) is 17.1 Å². The highest BCUT2D eigenvalue weighted by Crippen LogP contribution is 2.22. The maximum atomic E-state index is 13.0. The predicted octanol–water partition coefficient (Wildman–Crippen LogP) is 3.27. The molecule has 0 aliphatic heterocycles. The van der Waals surface area contributed by atoms with E-state index < -0.39 is 17.5 Å². The van der Waals surface area contributed by atoms with Gasteiger partial charge in [0.15, 0.2) is 5.92 Å². The number of nitriles is 1. The van der Waals surface area contributed by atoms with Crippen molar-refractivity contribution in [3.8, 4) is 11.8 Å². The molecular weight excluding hydrogens is 309 g/mol. The summed E-state index contributed by atoms with van der Waals surface area (Å²) in [4.78, 5) is 20.7. The molecule has 0 saturated heterocycles. The lowest BCUT2D eigenvalue weighted by Crippen LogP contribution is -2.14. The van der Waals surface area contributed by atoms with Gasteiger partial charge in [0, 0.05) is 5.39 Å². The van der Waals surface area contributed by atoms with E-state index in [-0.39, 0.29) is 11.4 Å². The first-order valence-corrected chi connectivity index (χ1v) is 7.12. The van der Waals surface area contributed by atoms with E-state index >= 15 is 0 Å². The van der Waals surface area contributed by atoms with Gasteiger partial charge in [-0.05, 0) is 36.4 Å². The fraction of sp³-hybridized carbons (Fsp3) is 0.111. The van der Waals surface area contributed by atoms with Crippen LogP contribution in [0.15, 0.2) is 48.7 Å². The molecule has 118 valence electrons. The Kier molecular flexibility index (Phi) is 4.17. The molecule has 3 rings (SSSR count). The third-order valence-electron chi connectivity index (χ3n) is 3.59. The number of aromatic nitrogens is 2. The van der Waals surface area contributed by atoms with E-state index in [1.807, 2.05) is 6.07 Å². The smallest absolute Gasteiger partial charge is 0.204 e. The van der Waals surface area contributed by atoms with E-state index in [0.29, 0.717) is 11.3 Å². The summed E-state index contributed by atoms with van der Waals surface area (Å²) in [5.41, 5.74) is 0.969. The SMILES string of the molecule is COc1ccc2nc(C(=O)[C@@H](C#N)c3ccc(F)cn3)ccc2c1. The molecule has 1 aromatic carbocycles. The van der Waals surface area contributed by atoms with Crippen molar-refractivity contribution < 1.29 is 13.9 Å². The number of hydrogen-bond acceptors (Lipinski definition) is 5. The van der Waals surface area contributed by atoms with Crippen molar-refractivity contribution in [2.75, 3.05) is 7.11 Å². The Morgan fingerprint density at radius 2 is 2.08 bits per heavy atom. The number of ether oxygens (including phenoxy) is 1. The van der Waals surface area contributed by atoms with Crippen LogP contribution in [0.25, 0.3) is 10.9 Å². The summed E-state index contributed by atoms with van der Waals surface area (Å²) in [5.74, 6) is -1.45. The fourth-order valence-electron chi connectivity index (χ4n) is 2.33. The Morgan fingerprint density at radius 3 is 2.75 bits per heavy atom. The number of halogens is 1. The number of pyridine rings is 2. The summed E-state index contributed by atoms with van der Waals surface area (Å²) in [6.45, 7) is 0. The Morgan fingerprint density at radius 1 is 1.25 bits per heavy atom. The van der Waals surface area contributed by atoms with Gasteiger partial charge < -0.3 is 4.74 Å². The van der Waals surface area contributed by atoms with Crippen LogP contribution in [0.4, 0.5) is 4.39 Å². The Labute approximate surface area is 137 Å². The molecule has 5 nitrogen and oxygen atoms in total. The molecule has 0 spiro atoms. The van der Waals surface area contributed by atoms with Gasteiger partial charge in [-0.15, -0.1) is 0 Å². The van der Waals surface area contributed by atoms with Crippen LogP contribution in [0.3, 0.4) is 0 Å². The molecule has 0 aliphatic carbocycles. The van der Waals surface area contributed by atoms with Gasteiger partial charge in [-0.25, -0.2) is 9.37 Å². The maximum Gasteiger partial charge on any atom is 0.204 e. The van der Waals surface area contributed by atoms with Crippen molar-refractivity contribution in [1.29, 1.82) is 5.26 Å². The lowest BCUT2D eigenvalue weighted by molar-refractivity contribution is 0.0973. The van der Waals surface area contributed by atoms with Crippen LogP contribution in [0.2, 0.25) is 0 Å². The normalized spacial score (nSPS) is 11.7. The zero-order valence-corrected chi connectivity index (χ0v) is 12.7. The topological polar surface area (TPSA) is 75.9 Å². The molecule has 3 aromatic rings. The highest BCUT2D eigenvalue weighted by atomic mass is 19.1. The first-order chi connectivity index (χ1) is 11.6. The number of nitrogens with zero attached hydrogens (tertiary/aromatic N) is 3. The van der Waals surface area contributed by atoms with Crippen LogP contribution < -0.4 is 4.74 Å². The Bertz CT molecular complexity index is 949. The molecule has 0 bridgehead atoms. The van der Waals surface area contributed by atoms with Crippen molar-refractivity contribution in [1.82, 2.24) is 9.97 Å². The van der Waals surface area contributed by atoms with Crippen LogP contribution in [0.5, 0.6) is 5.75 Å². The molecule has 0 unspecified atom stereocenters. The fourth-order valence-corrected chi connectivity index (χ4v) is 2.33. The van der Waals surface area contributed by atoms with E-state index in [1.54, 1.807) is 37.4 Å². The lowest BCUT2D eigenvalue weighted by atomic mass is 9.98. The van der Waals surface area contributed by atoms with Crippen LogP contribution in [0.1, 0.15) is 22.1 Å². The second kappa shape index (κ2) is 6.42. The summed E-state index contributed by atoms with van der Waals surface area (Å²) in [6, 6.07) is 13.0. The summed E-state index contributed by atoms with van der Waals surface area (Å²) < 4.78 is 18.1. The average molecular weight is 321 g/mol. The third-order valence-corrected chi connectivity index (χ3v) is 3.59. The summed E-state index contributed by atoms with van der Waals surface area (Å²) in [6.07, 6.45) is 0.979. The largest absolute Gasteiger partial charge is 0.497 e. The molecule has 0 amide bonds. The van der Waals surface area contributed by atoms with Crippen LogP contribution in [-0.2, 0) is 0 Å². The number of ketones is 1. The molecule has 6 heteroatoms. The summed E-state index contributed by atoms with van der Waals surface area (Å²) >= 11 is 0. The van der Waals surface area contributed by atoms with Crippen LogP contribution in [-0.4, -0.2) is 22.9 Å². The van der Waals surface area contributed by atoms with Crippen LogP contribution >= 0.6 is 0 Å². The van der Waals surface area contributed by atoms with Gasteiger partial charge in [0.1, 0.15) is 17.3 Å². The van der Waals surface area contributed by atoms with Crippen molar-refractivity contribution in [2.24, 2.45) is 0 Å². The highest BCUT2D eigenvalue weighted by Gasteiger charge is 2.24. The number of hydrogen-bond donors (Lipinski definition) is 0. The molecule has 0 saturated carbocycles.